The predicted molar refractivity (Wildman–Crippen MR) is 267 cm³/mol. The zero-order valence-electron chi connectivity index (χ0n) is 35.8. The quantitative estimate of drug-likeness (QED) is 0.165. The maximum absolute atomic E-state index is 2.53. The summed E-state index contributed by atoms with van der Waals surface area (Å²) in [5.41, 5.74) is 21.9. The molecule has 2 heteroatoms. The van der Waals surface area contributed by atoms with Crippen LogP contribution < -0.4 is 9.80 Å². The van der Waals surface area contributed by atoms with Gasteiger partial charge in [0, 0.05) is 39.1 Å². The second kappa shape index (κ2) is 13.8. The molecule has 2 nitrogen and oxygen atoms in total. The summed E-state index contributed by atoms with van der Waals surface area (Å²) in [6, 6.07) is 85.7. The van der Waals surface area contributed by atoms with Gasteiger partial charge in [-0.2, -0.15) is 0 Å². The van der Waals surface area contributed by atoms with E-state index in [0.29, 0.717) is 0 Å². The molecule has 0 fully saturated rings. The van der Waals surface area contributed by atoms with E-state index < -0.39 is 5.41 Å². The van der Waals surface area contributed by atoms with Crippen molar-refractivity contribution in [2.75, 3.05) is 9.80 Å². The minimum atomic E-state index is -0.588. The zero-order chi connectivity index (χ0) is 42.6. The predicted octanol–water partition coefficient (Wildman–Crippen LogP) is 16.4. The maximum atomic E-state index is 2.53. The third kappa shape index (κ3) is 4.97. The van der Waals surface area contributed by atoms with Gasteiger partial charge in [0.1, 0.15) is 0 Å². The van der Waals surface area contributed by atoms with E-state index in [-0.39, 0.29) is 5.41 Å². The summed E-state index contributed by atoms with van der Waals surface area (Å²) >= 11 is 0. The first-order valence-electron chi connectivity index (χ1n) is 22.4. The molecule has 13 rings (SSSR count). The molecule has 302 valence electrons. The molecule has 0 radical (unpaired) electrons. The molecule has 0 aromatic heterocycles. The Morgan fingerprint density at radius 3 is 1.38 bits per heavy atom. The first-order valence-corrected chi connectivity index (χ1v) is 22.4. The fourth-order valence-electron chi connectivity index (χ4n) is 11.8. The molecule has 0 heterocycles. The summed E-state index contributed by atoms with van der Waals surface area (Å²) in [6.07, 6.45) is 0. The van der Waals surface area contributed by atoms with Crippen molar-refractivity contribution >= 4 is 44.9 Å². The number of fused-ring (bicyclic) bond motifs is 15. The van der Waals surface area contributed by atoms with Crippen molar-refractivity contribution in [2.45, 2.75) is 24.7 Å². The van der Waals surface area contributed by atoms with Crippen molar-refractivity contribution in [3.63, 3.8) is 0 Å². The number of para-hydroxylation sites is 3. The zero-order valence-corrected chi connectivity index (χ0v) is 35.8. The van der Waals surface area contributed by atoms with Crippen molar-refractivity contribution in [1.82, 2.24) is 0 Å². The van der Waals surface area contributed by atoms with Crippen molar-refractivity contribution in [2.24, 2.45) is 0 Å². The van der Waals surface area contributed by atoms with E-state index in [1.165, 1.54) is 83.2 Å². The van der Waals surface area contributed by atoms with Gasteiger partial charge in [0.25, 0.3) is 0 Å². The Morgan fingerprint density at radius 2 is 0.750 bits per heavy atom. The van der Waals surface area contributed by atoms with E-state index in [1.54, 1.807) is 0 Å². The van der Waals surface area contributed by atoms with Crippen LogP contribution in [0.4, 0.5) is 34.1 Å². The van der Waals surface area contributed by atoms with Gasteiger partial charge in [-0.3, -0.25) is 0 Å². The molecule has 10 aromatic rings. The van der Waals surface area contributed by atoms with Crippen LogP contribution in [0.1, 0.15) is 47.2 Å². The number of anilines is 6. The monoisotopic (exact) mass is 816 g/mol. The van der Waals surface area contributed by atoms with E-state index in [9.17, 15) is 0 Å². The highest BCUT2D eigenvalue weighted by Crippen LogP contribution is 2.66. The van der Waals surface area contributed by atoms with Crippen LogP contribution in [0.3, 0.4) is 0 Å². The average molecular weight is 817 g/mol. The molecule has 0 N–H and O–H groups in total. The van der Waals surface area contributed by atoms with Crippen LogP contribution in [0.15, 0.2) is 231 Å². The highest BCUT2D eigenvalue weighted by atomic mass is 15.2. The van der Waals surface area contributed by atoms with Crippen molar-refractivity contribution < 1.29 is 0 Å². The Kier molecular flexibility index (Phi) is 7.90. The molecule has 0 aliphatic heterocycles. The minimum Gasteiger partial charge on any atom is -0.310 e. The van der Waals surface area contributed by atoms with Crippen LogP contribution >= 0.6 is 0 Å². The number of rotatable bonds is 6. The molecule has 1 unspecified atom stereocenters. The summed E-state index contributed by atoms with van der Waals surface area (Å²) in [4.78, 5) is 4.95. The van der Waals surface area contributed by atoms with Gasteiger partial charge < -0.3 is 9.80 Å². The van der Waals surface area contributed by atoms with Gasteiger partial charge in [0.2, 0.25) is 0 Å². The molecule has 3 aliphatic carbocycles. The topological polar surface area (TPSA) is 6.48 Å². The molecule has 64 heavy (non-hydrogen) atoms. The summed E-state index contributed by atoms with van der Waals surface area (Å²) in [6.45, 7) is 4.75. The van der Waals surface area contributed by atoms with Crippen LogP contribution in [0.2, 0.25) is 0 Å². The first kappa shape index (κ1) is 36.7. The second-order valence-electron chi connectivity index (χ2n) is 18.0. The molecule has 10 aromatic carbocycles. The molecular formula is C62H44N2. The van der Waals surface area contributed by atoms with E-state index in [0.717, 1.165) is 28.4 Å². The van der Waals surface area contributed by atoms with E-state index >= 15 is 0 Å². The van der Waals surface area contributed by atoms with Crippen LogP contribution in [0, 0.1) is 0 Å². The first-order chi connectivity index (χ1) is 31.5. The Hall–Kier alpha value is -7.94. The fraction of sp³-hybridized carbons (Fsp3) is 0.0645. The van der Waals surface area contributed by atoms with Crippen LogP contribution in [0.5, 0.6) is 0 Å². The van der Waals surface area contributed by atoms with Crippen molar-refractivity contribution in [1.29, 1.82) is 0 Å². The lowest BCUT2D eigenvalue weighted by Crippen LogP contribution is -2.26. The van der Waals surface area contributed by atoms with Crippen LogP contribution in [-0.4, -0.2) is 0 Å². The molecule has 0 amide bonds. The molecule has 0 saturated heterocycles. The molecule has 3 aliphatic rings. The van der Waals surface area contributed by atoms with E-state index in [4.69, 9.17) is 0 Å². The highest BCUT2D eigenvalue weighted by molar-refractivity contribution is 6.12. The number of nitrogens with zero attached hydrogens (tertiary/aromatic N) is 2. The molecule has 1 spiro atoms. The van der Waals surface area contributed by atoms with Gasteiger partial charge in [0.15, 0.2) is 0 Å². The Morgan fingerprint density at radius 1 is 0.281 bits per heavy atom. The molecule has 0 bridgehead atoms. The Labute approximate surface area is 375 Å². The molecular weight excluding hydrogens is 773 g/mol. The smallest absolute Gasteiger partial charge is 0.0727 e. The third-order valence-electron chi connectivity index (χ3n) is 14.4. The molecule has 0 saturated carbocycles. The van der Waals surface area contributed by atoms with Crippen molar-refractivity contribution in [3.8, 4) is 33.4 Å². The van der Waals surface area contributed by atoms with E-state index in [2.05, 4.69) is 254 Å². The number of hydrogen-bond acceptors (Lipinski definition) is 2. The lowest BCUT2D eigenvalue weighted by atomic mass is 9.70. The second-order valence-corrected chi connectivity index (χ2v) is 18.0. The minimum absolute atomic E-state index is 0.134. The average Bonchev–Trinajstić information content (AvgIpc) is 3.91. The van der Waals surface area contributed by atoms with Crippen LogP contribution in [-0.2, 0) is 10.8 Å². The summed E-state index contributed by atoms with van der Waals surface area (Å²) in [5, 5.41) is 2.48. The summed E-state index contributed by atoms with van der Waals surface area (Å²) < 4.78 is 0. The standard InChI is InChI=1S/C62H44N2/c1-61(2)51-32-17-14-27-45(51)46-38-37-44(39-55(46)61)64(43-25-10-5-11-26-43)57-36-20-35-54-60(57)50-31-16-19-34-53(50)62(54)52-33-18-15-30-49(52)59-48-29-13-12-28-47(48)58(40-56(59)62)63(41-21-6-3-7-22-41)42-23-8-4-9-24-42/h3-40H,1-2H3. The lowest BCUT2D eigenvalue weighted by Gasteiger charge is -2.33. The largest absolute Gasteiger partial charge is 0.310 e. The third-order valence-corrected chi connectivity index (χ3v) is 14.4. The van der Waals surface area contributed by atoms with E-state index in [1.807, 2.05) is 0 Å². The van der Waals surface area contributed by atoms with Gasteiger partial charge in [-0.25, -0.2) is 0 Å². The van der Waals surface area contributed by atoms with Gasteiger partial charge in [-0.05, 0) is 127 Å². The molecule has 1 atom stereocenters. The maximum Gasteiger partial charge on any atom is 0.0727 e. The van der Waals surface area contributed by atoms with Gasteiger partial charge >= 0.3 is 0 Å². The SMILES string of the molecule is CC1(C)c2ccccc2-c2ccc(N(c3ccccc3)c3cccc4c3-c3ccccc3C43c4ccccc4-c4c3cc(N(c3ccccc3)c3ccccc3)c3ccccc43)cc21. The fourth-order valence-corrected chi connectivity index (χ4v) is 11.8. The van der Waals surface area contributed by atoms with Crippen LogP contribution in [0.25, 0.3) is 44.2 Å². The number of benzene rings is 10. The van der Waals surface area contributed by atoms with Gasteiger partial charge in [0.05, 0.1) is 16.8 Å². The Bertz CT molecular complexity index is 3440. The number of hydrogen-bond donors (Lipinski definition) is 0. The normalized spacial score (nSPS) is 15.5. The summed E-state index contributed by atoms with van der Waals surface area (Å²) in [7, 11) is 0. The van der Waals surface area contributed by atoms with Crippen molar-refractivity contribution in [3.05, 3.63) is 264 Å². The Balaban J connectivity index is 1.11. The lowest BCUT2D eigenvalue weighted by molar-refractivity contribution is 0.660. The highest BCUT2D eigenvalue weighted by Gasteiger charge is 2.53. The van der Waals surface area contributed by atoms with Gasteiger partial charge in [-0.1, -0.05) is 184 Å². The summed E-state index contributed by atoms with van der Waals surface area (Å²) in [5.74, 6) is 0. The van der Waals surface area contributed by atoms with Gasteiger partial charge in [-0.15, -0.1) is 0 Å².